The Bertz CT molecular complexity index is 310. The molecule has 0 aromatic heterocycles. The molecular formula is C16H30N2O2. The minimum absolute atomic E-state index is 0.265. The van der Waals surface area contributed by atoms with Crippen LogP contribution in [0.4, 0.5) is 0 Å². The first-order valence-corrected chi connectivity index (χ1v) is 8.37. The van der Waals surface area contributed by atoms with E-state index in [9.17, 15) is 0 Å². The van der Waals surface area contributed by atoms with Crippen molar-refractivity contribution < 1.29 is 9.47 Å². The maximum Gasteiger partial charge on any atom is 0.0936 e. The van der Waals surface area contributed by atoms with Crippen LogP contribution in [-0.2, 0) is 9.47 Å². The summed E-state index contributed by atoms with van der Waals surface area (Å²) in [6.45, 7) is 10.3. The average Bonchev–Trinajstić information content (AvgIpc) is 2.88. The number of piperazine rings is 1. The van der Waals surface area contributed by atoms with E-state index in [1.54, 1.807) is 0 Å². The summed E-state index contributed by atoms with van der Waals surface area (Å²) in [5.74, 6) is 0.686. The predicted molar refractivity (Wildman–Crippen MR) is 80.0 cm³/mol. The molecule has 1 N–H and O–H groups in total. The van der Waals surface area contributed by atoms with Crippen LogP contribution in [-0.4, -0.2) is 62.0 Å². The van der Waals surface area contributed by atoms with E-state index in [1.807, 2.05) is 0 Å². The van der Waals surface area contributed by atoms with Crippen LogP contribution in [0.25, 0.3) is 0 Å². The molecule has 2 aliphatic heterocycles. The molecule has 2 atom stereocenters. The van der Waals surface area contributed by atoms with Gasteiger partial charge >= 0.3 is 0 Å². The molecule has 0 radical (unpaired) electrons. The van der Waals surface area contributed by atoms with Crippen molar-refractivity contribution in [3.63, 3.8) is 0 Å². The van der Waals surface area contributed by atoms with Crippen molar-refractivity contribution in [1.29, 1.82) is 0 Å². The van der Waals surface area contributed by atoms with Gasteiger partial charge in [-0.25, -0.2) is 0 Å². The zero-order chi connectivity index (χ0) is 14.0. The van der Waals surface area contributed by atoms with Gasteiger partial charge in [0.15, 0.2) is 0 Å². The van der Waals surface area contributed by atoms with E-state index in [4.69, 9.17) is 9.47 Å². The van der Waals surface area contributed by atoms with Crippen LogP contribution in [0.15, 0.2) is 0 Å². The molecule has 3 fully saturated rings. The summed E-state index contributed by atoms with van der Waals surface area (Å²) in [6, 6.07) is 0.631. The Morgan fingerprint density at radius 1 is 1.25 bits per heavy atom. The zero-order valence-corrected chi connectivity index (χ0v) is 13.1. The molecule has 3 rings (SSSR count). The van der Waals surface area contributed by atoms with Gasteiger partial charge in [0, 0.05) is 31.2 Å². The lowest BCUT2D eigenvalue weighted by Gasteiger charge is -2.49. The van der Waals surface area contributed by atoms with E-state index in [1.165, 1.54) is 32.2 Å². The standard InChI is InChI=1S/C16H30N2O2/c1-13(2)15-9-17-16(5-3-4-6-16)12-18(15)10-14-11-19-7-8-20-14/h13-15,17H,3-12H2,1-2H3. The Kier molecular flexibility index (Phi) is 4.65. The Morgan fingerprint density at radius 3 is 2.70 bits per heavy atom. The fourth-order valence-electron chi connectivity index (χ4n) is 4.16. The predicted octanol–water partition coefficient (Wildman–Crippen LogP) is 1.64. The molecule has 2 saturated heterocycles. The van der Waals surface area contributed by atoms with Gasteiger partial charge in [-0.2, -0.15) is 0 Å². The van der Waals surface area contributed by atoms with Crippen molar-refractivity contribution in [3.05, 3.63) is 0 Å². The van der Waals surface area contributed by atoms with Gasteiger partial charge in [0.05, 0.1) is 25.9 Å². The van der Waals surface area contributed by atoms with Crippen LogP contribution >= 0.6 is 0 Å². The second-order valence-corrected chi connectivity index (χ2v) is 7.18. The van der Waals surface area contributed by atoms with E-state index in [-0.39, 0.29) is 6.10 Å². The number of ether oxygens (including phenoxy) is 2. The molecule has 1 saturated carbocycles. The number of nitrogens with zero attached hydrogens (tertiary/aromatic N) is 1. The highest BCUT2D eigenvalue weighted by Crippen LogP contribution is 2.34. The topological polar surface area (TPSA) is 33.7 Å². The number of hydrogen-bond acceptors (Lipinski definition) is 4. The van der Waals surface area contributed by atoms with Crippen LogP contribution in [0.2, 0.25) is 0 Å². The third-order valence-electron chi connectivity index (χ3n) is 5.31. The first-order chi connectivity index (χ1) is 9.69. The van der Waals surface area contributed by atoms with Gasteiger partial charge in [-0.05, 0) is 18.8 Å². The SMILES string of the molecule is CC(C)C1CNC2(CCCC2)CN1CC1COCCO1. The second-order valence-electron chi connectivity index (χ2n) is 7.18. The lowest BCUT2D eigenvalue weighted by Crippen LogP contribution is -2.65. The largest absolute Gasteiger partial charge is 0.376 e. The summed E-state index contributed by atoms with van der Waals surface area (Å²) in [6.07, 6.45) is 5.72. The number of hydrogen-bond donors (Lipinski definition) is 1. The summed E-state index contributed by atoms with van der Waals surface area (Å²) in [5.41, 5.74) is 0.390. The summed E-state index contributed by atoms with van der Waals surface area (Å²) < 4.78 is 11.4. The van der Waals surface area contributed by atoms with Crippen LogP contribution in [0.1, 0.15) is 39.5 Å². The fraction of sp³-hybridized carbons (Fsp3) is 1.00. The summed E-state index contributed by atoms with van der Waals surface area (Å²) in [7, 11) is 0. The van der Waals surface area contributed by atoms with E-state index in [0.29, 0.717) is 17.5 Å². The highest BCUT2D eigenvalue weighted by Gasteiger charge is 2.42. The number of rotatable bonds is 3. The smallest absolute Gasteiger partial charge is 0.0936 e. The van der Waals surface area contributed by atoms with E-state index < -0.39 is 0 Å². The Labute approximate surface area is 123 Å². The van der Waals surface area contributed by atoms with Crippen LogP contribution in [0, 0.1) is 5.92 Å². The molecule has 1 aliphatic carbocycles. The van der Waals surface area contributed by atoms with E-state index in [2.05, 4.69) is 24.1 Å². The first-order valence-electron chi connectivity index (χ1n) is 8.37. The minimum atomic E-state index is 0.265. The molecule has 0 aromatic rings. The minimum Gasteiger partial charge on any atom is -0.376 e. The van der Waals surface area contributed by atoms with E-state index >= 15 is 0 Å². The molecule has 2 heterocycles. The first kappa shape index (κ1) is 14.8. The Morgan fingerprint density at radius 2 is 2.05 bits per heavy atom. The van der Waals surface area contributed by atoms with E-state index in [0.717, 1.165) is 32.9 Å². The quantitative estimate of drug-likeness (QED) is 0.853. The second kappa shape index (κ2) is 6.30. The maximum atomic E-state index is 5.87. The van der Waals surface area contributed by atoms with Gasteiger partial charge in [0.25, 0.3) is 0 Å². The van der Waals surface area contributed by atoms with Crippen molar-refractivity contribution in [1.82, 2.24) is 10.2 Å². The highest BCUT2D eigenvalue weighted by molar-refractivity contribution is 5.01. The third kappa shape index (κ3) is 3.19. The van der Waals surface area contributed by atoms with Crippen LogP contribution in [0.3, 0.4) is 0 Å². The van der Waals surface area contributed by atoms with Crippen molar-refractivity contribution in [2.45, 2.75) is 57.2 Å². The molecule has 116 valence electrons. The molecule has 20 heavy (non-hydrogen) atoms. The molecule has 0 amide bonds. The molecular weight excluding hydrogens is 252 g/mol. The molecule has 2 unspecified atom stereocenters. The summed E-state index contributed by atoms with van der Waals surface area (Å²) >= 11 is 0. The lowest BCUT2D eigenvalue weighted by molar-refractivity contribution is -0.107. The monoisotopic (exact) mass is 282 g/mol. The van der Waals surface area contributed by atoms with Crippen molar-refractivity contribution in [3.8, 4) is 0 Å². The van der Waals surface area contributed by atoms with Crippen molar-refractivity contribution >= 4 is 0 Å². The number of nitrogens with one attached hydrogen (secondary N) is 1. The molecule has 0 bridgehead atoms. The third-order valence-corrected chi connectivity index (χ3v) is 5.31. The Balaban J connectivity index is 1.65. The molecule has 4 nitrogen and oxygen atoms in total. The lowest BCUT2D eigenvalue weighted by atomic mass is 9.89. The summed E-state index contributed by atoms with van der Waals surface area (Å²) in [5, 5.41) is 3.88. The van der Waals surface area contributed by atoms with Gasteiger partial charge in [0.1, 0.15) is 0 Å². The molecule has 3 aliphatic rings. The Hall–Kier alpha value is -0.160. The van der Waals surface area contributed by atoms with Gasteiger partial charge in [0.2, 0.25) is 0 Å². The van der Waals surface area contributed by atoms with Gasteiger partial charge in [-0.15, -0.1) is 0 Å². The highest BCUT2D eigenvalue weighted by atomic mass is 16.6. The van der Waals surface area contributed by atoms with Gasteiger partial charge < -0.3 is 14.8 Å². The molecule has 0 aromatic carbocycles. The van der Waals surface area contributed by atoms with Crippen LogP contribution in [0.5, 0.6) is 0 Å². The molecule has 4 heteroatoms. The summed E-state index contributed by atoms with van der Waals surface area (Å²) in [4.78, 5) is 2.69. The van der Waals surface area contributed by atoms with Gasteiger partial charge in [-0.3, -0.25) is 4.90 Å². The maximum absolute atomic E-state index is 5.87. The van der Waals surface area contributed by atoms with Crippen LogP contribution < -0.4 is 5.32 Å². The normalized spacial score (nSPS) is 35.0. The van der Waals surface area contributed by atoms with Crippen molar-refractivity contribution in [2.75, 3.05) is 39.5 Å². The zero-order valence-electron chi connectivity index (χ0n) is 13.1. The fourth-order valence-corrected chi connectivity index (χ4v) is 4.16. The average molecular weight is 282 g/mol. The van der Waals surface area contributed by atoms with Crippen molar-refractivity contribution in [2.24, 2.45) is 5.92 Å². The molecule has 1 spiro atoms. The van der Waals surface area contributed by atoms with Gasteiger partial charge in [-0.1, -0.05) is 26.7 Å².